The van der Waals surface area contributed by atoms with Crippen molar-refractivity contribution in [1.29, 1.82) is 0 Å². The van der Waals surface area contributed by atoms with Gasteiger partial charge in [0.2, 0.25) is 10.0 Å². The lowest BCUT2D eigenvalue weighted by Crippen LogP contribution is -2.50. The third-order valence-electron chi connectivity index (χ3n) is 4.29. The van der Waals surface area contributed by atoms with Gasteiger partial charge in [-0.2, -0.15) is 4.31 Å². The average Bonchev–Trinajstić information content (AvgIpc) is 2.68. The number of carbonyl (C=O) groups is 2. The summed E-state index contributed by atoms with van der Waals surface area (Å²) in [5.74, 6) is -0.394. The van der Waals surface area contributed by atoms with Crippen LogP contribution in [-0.2, 0) is 10.0 Å². The molecule has 0 spiro atoms. The predicted octanol–water partition coefficient (Wildman–Crippen LogP) is 1.43. The predicted molar refractivity (Wildman–Crippen MR) is 95.3 cm³/mol. The molecule has 0 unspecified atom stereocenters. The minimum Gasteiger partial charge on any atom is -0.335 e. The quantitative estimate of drug-likeness (QED) is 0.757. The van der Waals surface area contributed by atoms with E-state index in [4.69, 9.17) is 0 Å². The zero-order valence-corrected chi connectivity index (χ0v) is 15.1. The molecule has 2 heterocycles. The normalized spacial score (nSPS) is 15.7. The topological polar surface area (TPSA) is 87.7 Å². The van der Waals surface area contributed by atoms with Crippen LogP contribution in [0.2, 0.25) is 0 Å². The van der Waals surface area contributed by atoms with Crippen molar-refractivity contribution >= 4 is 21.7 Å². The highest BCUT2D eigenvalue weighted by atomic mass is 32.2. The molecule has 1 aliphatic rings. The standard InChI is InChI=1S/C18H19N3O4S/c1-14(22)15-5-4-6-16(13-15)26(24,25)21-11-9-20(10-12-21)18(23)17-7-2-3-8-19-17/h2-8,13H,9-12H2,1H3. The van der Waals surface area contributed by atoms with Crippen molar-refractivity contribution in [1.82, 2.24) is 14.2 Å². The molecular weight excluding hydrogens is 354 g/mol. The molecule has 1 aromatic carbocycles. The molecule has 1 aromatic heterocycles. The Morgan fingerprint density at radius 2 is 1.73 bits per heavy atom. The summed E-state index contributed by atoms with van der Waals surface area (Å²) in [6, 6.07) is 11.1. The fourth-order valence-electron chi connectivity index (χ4n) is 2.81. The molecule has 2 aromatic rings. The summed E-state index contributed by atoms with van der Waals surface area (Å²) < 4.78 is 27.0. The zero-order valence-electron chi connectivity index (χ0n) is 14.3. The number of aromatic nitrogens is 1. The van der Waals surface area contributed by atoms with Crippen molar-refractivity contribution in [3.63, 3.8) is 0 Å². The van der Waals surface area contributed by atoms with Crippen molar-refractivity contribution in [3.05, 3.63) is 59.9 Å². The van der Waals surface area contributed by atoms with Gasteiger partial charge in [-0.1, -0.05) is 18.2 Å². The first kappa shape index (κ1) is 18.2. The van der Waals surface area contributed by atoms with Crippen molar-refractivity contribution in [2.45, 2.75) is 11.8 Å². The van der Waals surface area contributed by atoms with Crippen LogP contribution in [-0.4, -0.2) is 60.5 Å². The fourth-order valence-corrected chi connectivity index (χ4v) is 4.28. The Hall–Kier alpha value is -2.58. The highest BCUT2D eigenvalue weighted by Gasteiger charge is 2.30. The maximum Gasteiger partial charge on any atom is 0.272 e. The lowest BCUT2D eigenvalue weighted by Gasteiger charge is -2.33. The first-order chi connectivity index (χ1) is 12.4. The Bertz CT molecular complexity index is 920. The van der Waals surface area contributed by atoms with Crippen LogP contribution in [0.15, 0.2) is 53.6 Å². The van der Waals surface area contributed by atoms with E-state index in [9.17, 15) is 18.0 Å². The molecule has 0 bridgehead atoms. The van der Waals surface area contributed by atoms with Gasteiger partial charge in [0.1, 0.15) is 5.69 Å². The lowest BCUT2D eigenvalue weighted by atomic mass is 10.2. The second-order valence-corrected chi connectivity index (χ2v) is 7.93. The van der Waals surface area contributed by atoms with E-state index < -0.39 is 10.0 Å². The van der Waals surface area contributed by atoms with Crippen molar-refractivity contribution in [2.24, 2.45) is 0 Å². The van der Waals surface area contributed by atoms with Crippen LogP contribution < -0.4 is 0 Å². The molecule has 0 aliphatic carbocycles. The molecular formula is C18H19N3O4S. The molecule has 1 aliphatic heterocycles. The Labute approximate surface area is 152 Å². The minimum atomic E-state index is -3.70. The van der Waals surface area contributed by atoms with Crippen molar-refractivity contribution < 1.29 is 18.0 Å². The largest absolute Gasteiger partial charge is 0.335 e. The number of benzene rings is 1. The molecule has 7 nitrogen and oxygen atoms in total. The van der Waals surface area contributed by atoms with E-state index in [0.29, 0.717) is 24.3 Å². The summed E-state index contributed by atoms with van der Waals surface area (Å²) in [5, 5.41) is 0. The number of hydrogen-bond acceptors (Lipinski definition) is 5. The second-order valence-electron chi connectivity index (χ2n) is 6.00. The number of sulfonamides is 1. The van der Waals surface area contributed by atoms with Crippen molar-refractivity contribution in [3.8, 4) is 0 Å². The number of ketones is 1. The summed E-state index contributed by atoms with van der Waals surface area (Å²) in [6.45, 7) is 2.38. The fraction of sp³-hybridized carbons (Fsp3) is 0.278. The highest BCUT2D eigenvalue weighted by Crippen LogP contribution is 2.19. The van der Waals surface area contributed by atoms with Crippen LogP contribution in [0.25, 0.3) is 0 Å². The van der Waals surface area contributed by atoms with Crippen LogP contribution in [0, 0.1) is 0 Å². The van der Waals surface area contributed by atoms with Gasteiger partial charge in [0, 0.05) is 37.9 Å². The van der Waals surface area contributed by atoms with Gasteiger partial charge < -0.3 is 4.90 Å². The van der Waals surface area contributed by atoms with Crippen LogP contribution in [0.1, 0.15) is 27.8 Å². The number of piperazine rings is 1. The lowest BCUT2D eigenvalue weighted by molar-refractivity contribution is 0.0692. The highest BCUT2D eigenvalue weighted by molar-refractivity contribution is 7.89. The number of amides is 1. The molecule has 3 rings (SSSR count). The van der Waals surface area contributed by atoms with E-state index in [1.165, 1.54) is 23.4 Å². The Morgan fingerprint density at radius 3 is 2.35 bits per heavy atom. The summed E-state index contributed by atoms with van der Waals surface area (Å²) in [4.78, 5) is 29.6. The Kier molecular flexibility index (Phi) is 5.15. The molecule has 0 N–H and O–H groups in total. The zero-order chi connectivity index (χ0) is 18.7. The van der Waals surface area contributed by atoms with Crippen LogP contribution in [0.3, 0.4) is 0 Å². The molecule has 1 amide bonds. The number of carbonyl (C=O) groups excluding carboxylic acids is 2. The molecule has 26 heavy (non-hydrogen) atoms. The summed E-state index contributed by atoms with van der Waals surface area (Å²) in [5.41, 5.74) is 0.702. The molecule has 0 atom stereocenters. The average molecular weight is 373 g/mol. The smallest absolute Gasteiger partial charge is 0.272 e. The number of nitrogens with zero attached hydrogens (tertiary/aromatic N) is 3. The van der Waals surface area contributed by atoms with Gasteiger partial charge >= 0.3 is 0 Å². The van der Waals surface area contributed by atoms with E-state index in [1.54, 1.807) is 41.4 Å². The number of pyridine rings is 1. The van der Waals surface area contributed by atoms with Crippen LogP contribution in [0.5, 0.6) is 0 Å². The van der Waals surface area contributed by atoms with Crippen LogP contribution >= 0.6 is 0 Å². The minimum absolute atomic E-state index is 0.0923. The SMILES string of the molecule is CC(=O)c1cccc(S(=O)(=O)N2CCN(C(=O)c3ccccn3)CC2)c1. The van der Waals surface area contributed by atoms with Gasteiger partial charge in [-0.3, -0.25) is 14.6 Å². The van der Waals surface area contributed by atoms with Crippen LogP contribution in [0.4, 0.5) is 0 Å². The number of Topliss-reactive ketones (excluding diaryl/α,β-unsaturated/α-hetero) is 1. The summed E-state index contributed by atoms with van der Waals surface area (Å²) in [7, 11) is -3.70. The molecule has 0 radical (unpaired) electrons. The van der Waals surface area contributed by atoms with Crippen molar-refractivity contribution in [2.75, 3.05) is 26.2 Å². The van der Waals surface area contributed by atoms with E-state index in [2.05, 4.69) is 4.98 Å². The third-order valence-corrected chi connectivity index (χ3v) is 6.18. The monoisotopic (exact) mass is 373 g/mol. The third kappa shape index (κ3) is 3.66. The molecule has 0 saturated carbocycles. The molecule has 8 heteroatoms. The summed E-state index contributed by atoms with van der Waals surface area (Å²) in [6.07, 6.45) is 1.55. The van der Waals surface area contributed by atoms with Gasteiger partial charge in [0.15, 0.2) is 5.78 Å². The van der Waals surface area contributed by atoms with E-state index >= 15 is 0 Å². The summed E-state index contributed by atoms with van der Waals surface area (Å²) >= 11 is 0. The van der Waals surface area contributed by atoms with Gasteiger partial charge in [0.05, 0.1) is 4.90 Å². The molecule has 1 fully saturated rings. The first-order valence-electron chi connectivity index (χ1n) is 8.21. The Morgan fingerprint density at radius 1 is 1.00 bits per heavy atom. The molecule has 1 saturated heterocycles. The van der Waals surface area contributed by atoms with Gasteiger partial charge in [-0.15, -0.1) is 0 Å². The van der Waals surface area contributed by atoms with Gasteiger partial charge in [-0.25, -0.2) is 8.42 Å². The van der Waals surface area contributed by atoms with E-state index in [0.717, 1.165) is 0 Å². The maximum atomic E-state index is 12.8. The second kappa shape index (κ2) is 7.35. The number of rotatable bonds is 4. The van der Waals surface area contributed by atoms with E-state index in [1.807, 2.05) is 0 Å². The molecule has 136 valence electrons. The van der Waals surface area contributed by atoms with E-state index in [-0.39, 0.29) is 29.7 Å². The van der Waals surface area contributed by atoms with Gasteiger partial charge in [-0.05, 0) is 31.2 Å². The van der Waals surface area contributed by atoms with Gasteiger partial charge in [0.25, 0.3) is 5.91 Å². The Balaban J connectivity index is 1.72. The number of hydrogen-bond donors (Lipinski definition) is 0. The first-order valence-corrected chi connectivity index (χ1v) is 9.65. The maximum absolute atomic E-state index is 12.8.